The summed E-state index contributed by atoms with van der Waals surface area (Å²) in [7, 11) is 0. The topological polar surface area (TPSA) is 103 Å². The first kappa shape index (κ1) is 19.4. The van der Waals surface area contributed by atoms with E-state index in [1.165, 1.54) is 23.8 Å². The van der Waals surface area contributed by atoms with Crippen LogP contribution in [0.1, 0.15) is 31.7 Å². The van der Waals surface area contributed by atoms with E-state index < -0.39 is 0 Å². The second-order valence-corrected chi connectivity index (χ2v) is 9.05. The molecule has 0 spiro atoms. The fourth-order valence-corrected chi connectivity index (χ4v) is 5.30. The molecule has 1 aromatic carbocycles. The number of aromatic nitrogens is 4. The summed E-state index contributed by atoms with van der Waals surface area (Å²) in [6, 6.07) is 5.33. The Kier molecular flexibility index (Phi) is 4.48. The van der Waals surface area contributed by atoms with E-state index in [0.29, 0.717) is 22.5 Å². The van der Waals surface area contributed by atoms with Crippen LogP contribution >= 0.6 is 11.5 Å². The lowest BCUT2D eigenvalue weighted by atomic mass is 9.93. The van der Waals surface area contributed by atoms with Crippen LogP contribution in [-0.2, 0) is 0 Å². The Morgan fingerprint density at radius 1 is 1.09 bits per heavy atom. The molecule has 1 saturated carbocycles. The maximum absolute atomic E-state index is 14.1. The van der Waals surface area contributed by atoms with Crippen molar-refractivity contribution in [2.24, 2.45) is 0 Å². The van der Waals surface area contributed by atoms with Gasteiger partial charge in [0.1, 0.15) is 11.6 Å². The molecular formula is C23H20FN5O2S. The van der Waals surface area contributed by atoms with Crippen molar-refractivity contribution in [3.05, 3.63) is 48.8 Å². The number of nitrogens with zero attached hydrogens (tertiary/aromatic N) is 4. The highest BCUT2D eigenvalue weighted by atomic mass is 32.1. The smallest absolute Gasteiger partial charge is 0.177 e. The number of benzene rings is 1. The summed E-state index contributed by atoms with van der Waals surface area (Å²) in [6.45, 7) is 0. The zero-order valence-corrected chi connectivity index (χ0v) is 17.8. The van der Waals surface area contributed by atoms with Crippen molar-refractivity contribution >= 4 is 38.4 Å². The average molecular weight is 450 g/mol. The number of furan rings is 1. The number of nitrogen functional groups attached to an aromatic ring is 1. The van der Waals surface area contributed by atoms with Crippen molar-refractivity contribution in [3.8, 4) is 22.5 Å². The van der Waals surface area contributed by atoms with Gasteiger partial charge in [0.15, 0.2) is 11.4 Å². The number of rotatable bonds is 3. The number of halogens is 1. The van der Waals surface area contributed by atoms with Gasteiger partial charge in [-0.05, 0) is 55.4 Å². The molecule has 162 valence electrons. The molecule has 0 bridgehead atoms. The van der Waals surface area contributed by atoms with Crippen LogP contribution in [0, 0.1) is 5.82 Å². The molecule has 32 heavy (non-hydrogen) atoms. The van der Waals surface area contributed by atoms with Gasteiger partial charge in [-0.25, -0.2) is 9.37 Å². The van der Waals surface area contributed by atoms with Crippen LogP contribution in [0.3, 0.4) is 0 Å². The third kappa shape index (κ3) is 3.08. The van der Waals surface area contributed by atoms with E-state index in [1.807, 2.05) is 23.1 Å². The van der Waals surface area contributed by atoms with E-state index in [4.69, 9.17) is 10.2 Å². The normalized spacial score (nSPS) is 19.2. The zero-order chi connectivity index (χ0) is 21.8. The summed E-state index contributed by atoms with van der Waals surface area (Å²) >= 11 is 1.23. The number of aliphatic hydroxyl groups is 1. The highest BCUT2D eigenvalue weighted by Gasteiger charge is 2.23. The van der Waals surface area contributed by atoms with E-state index >= 15 is 0 Å². The van der Waals surface area contributed by atoms with Crippen LogP contribution in [0.25, 0.3) is 43.5 Å². The summed E-state index contributed by atoms with van der Waals surface area (Å²) in [5, 5.41) is 15.7. The van der Waals surface area contributed by atoms with Crippen molar-refractivity contribution in [2.45, 2.75) is 37.8 Å². The minimum absolute atomic E-state index is 0.206. The van der Waals surface area contributed by atoms with Gasteiger partial charge < -0.3 is 15.3 Å². The predicted molar refractivity (Wildman–Crippen MR) is 122 cm³/mol. The van der Waals surface area contributed by atoms with E-state index in [2.05, 4.69) is 14.5 Å². The molecule has 1 aliphatic rings. The van der Waals surface area contributed by atoms with Crippen LogP contribution in [0.5, 0.6) is 0 Å². The number of aliphatic hydroxyl groups excluding tert-OH is 1. The van der Waals surface area contributed by atoms with Gasteiger partial charge in [-0.15, -0.1) is 0 Å². The van der Waals surface area contributed by atoms with Crippen LogP contribution in [0.2, 0.25) is 0 Å². The Morgan fingerprint density at radius 2 is 1.94 bits per heavy atom. The molecule has 7 nitrogen and oxygen atoms in total. The summed E-state index contributed by atoms with van der Waals surface area (Å²) in [5.74, 6) is 0.577. The summed E-state index contributed by atoms with van der Waals surface area (Å²) < 4.78 is 27.1. The molecule has 1 aliphatic carbocycles. The molecule has 5 aromatic rings. The molecule has 0 saturated heterocycles. The molecule has 0 aliphatic heterocycles. The Bertz CT molecular complexity index is 1450. The van der Waals surface area contributed by atoms with E-state index in [-0.39, 0.29) is 18.0 Å². The largest absolute Gasteiger partial charge is 0.452 e. The third-order valence-corrected chi connectivity index (χ3v) is 7.11. The number of nitrogens with two attached hydrogens (primary N) is 1. The monoisotopic (exact) mass is 449 g/mol. The maximum atomic E-state index is 14.1. The maximum Gasteiger partial charge on any atom is 0.177 e. The van der Waals surface area contributed by atoms with Gasteiger partial charge in [-0.1, -0.05) is 0 Å². The van der Waals surface area contributed by atoms with Gasteiger partial charge in [-0.2, -0.15) is 9.47 Å². The highest BCUT2D eigenvalue weighted by Crippen LogP contribution is 2.40. The molecule has 0 atom stereocenters. The Morgan fingerprint density at radius 3 is 2.78 bits per heavy atom. The third-order valence-electron chi connectivity index (χ3n) is 6.27. The SMILES string of the molecule is Nc1ncc(-c2cnn([C@H]3CC[C@H](O)CC3)c2)c2cc(-c3ccc(F)c4cnsc34)oc12. The molecule has 4 heterocycles. The number of fused-ring (bicyclic) bond motifs is 2. The molecule has 4 aromatic heterocycles. The van der Waals surface area contributed by atoms with Gasteiger partial charge in [0.25, 0.3) is 0 Å². The zero-order valence-electron chi connectivity index (χ0n) is 17.0. The molecule has 0 unspecified atom stereocenters. The Labute approximate surface area is 186 Å². The van der Waals surface area contributed by atoms with Crippen molar-refractivity contribution in [1.29, 1.82) is 0 Å². The van der Waals surface area contributed by atoms with Crippen LogP contribution in [-0.4, -0.2) is 30.3 Å². The highest BCUT2D eigenvalue weighted by molar-refractivity contribution is 7.13. The van der Waals surface area contributed by atoms with Crippen LogP contribution < -0.4 is 5.73 Å². The standard InChI is InChI=1S/C23H20FN5O2S/c24-19-6-5-15(22-18(19)10-28-32-22)20-7-16-17(9-26-23(25)21(16)31-20)12-8-27-29(11-12)13-1-3-14(30)4-2-13/h5-11,13-14,30H,1-4H2,(H2,25,26)/t13-,14-. The molecule has 3 N–H and O–H groups in total. The molecule has 0 radical (unpaired) electrons. The van der Waals surface area contributed by atoms with E-state index in [1.54, 1.807) is 12.3 Å². The molecule has 6 rings (SSSR count). The van der Waals surface area contributed by atoms with Crippen molar-refractivity contribution in [1.82, 2.24) is 19.1 Å². The van der Waals surface area contributed by atoms with E-state index in [0.717, 1.165) is 52.5 Å². The minimum atomic E-state index is -0.307. The fraction of sp³-hybridized carbons (Fsp3) is 0.261. The van der Waals surface area contributed by atoms with Crippen molar-refractivity contribution in [2.75, 3.05) is 5.73 Å². The fourth-order valence-electron chi connectivity index (χ4n) is 4.53. The van der Waals surface area contributed by atoms with Gasteiger partial charge >= 0.3 is 0 Å². The first-order chi connectivity index (χ1) is 15.6. The van der Waals surface area contributed by atoms with Crippen molar-refractivity contribution in [3.63, 3.8) is 0 Å². The van der Waals surface area contributed by atoms with E-state index in [9.17, 15) is 9.50 Å². The van der Waals surface area contributed by atoms with Crippen LogP contribution in [0.4, 0.5) is 10.2 Å². The summed E-state index contributed by atoms with van der Waals surface area (Å²) in [6.07, 6.45) is 10.3. The lowest BCUT2D eigenvalue weighted by Crippen LogP contribution is -2.21. The molecule has 1 fully saturated rings. The lowest BCUT2D eigenvalue weighted by molar-refractivity contribution is 0.108. The van der Waals surface area contributed by atoms with Crippen molar-refractivity contribution < 1.29 is 13.9 Å². The summed E-state index contributed by atoms with van der Waals surface area (Å²) in [4.78, 5) is 4.33. The number of hydrogen-bond acceptors (Lipinski definition) is 7. The molecule has 0 amide bonds. The van der Waals surface area contributed by atoms with Gasteiger partial charge in [-0.3, -0.25) is 4.68 Å². The first-order valence-corrected chi connectivity index (χ1v) is 11.3. The van der Waals surface area contributed by atoms with Gasteiger partial charge in [0.05, 0.1) is 29.2 Å². The van der Waals surface area contributed by atoms with Gasteiger partial charge in [0, 0.05) is 39.9 Å². The quantitative estimate of drug-likeness (QED) is 0.394. The Hall–Kier alpha value is -3.30. The summed E-state index contributed by atoms with van der Waals surface area (Å²) in [5.41, 5.74) is 9.18. The second kappa shape index (κ2) is 7.39. The van der Waals surface area contributed by atoms with Gasteiger partial charge in [0.2, 0.25) is 0 Å². The second-order valence-electron chi connectivity index (χ2n) is 8.25. The average Bonchev–Trinajstić information content (AvgIpc) is 3.55. The lowest BCUT2D eigenvalue weighted by Gasteiger charge is -2.25. The first-order valence-electron chi connectivity index (χ1n) is 10.5. The predicted octanol–water partition coefficient (Wildman–Crippen LogP) is 5.17. The Balaban J connectivity index is 1.44. The molecule has 9 heteroatoms. The van der Waals surface area contributed by atoms with Crippen LogP contribution in [0.15, 0.2) is 47.4 Å². The number of anilines is 1. The number of pyridine rings is 1. The number of hydrogen-bond donors (Lipinski definition) is 2. The molecular weight excluding hydrogens is 429 g/mol. The minimum Gasteiger partial charge on any atom is -0.452 e.